The highest BCUT2D eigenvalue weighted by molar-refractivity contribution is 7.98. The maximum atomic E-state index is 12.3. The molecule has 1 aromatic rings. The van der Waals surface area contributed by atoms with Gasteiger partial charge < -0.3 is 15.4 Å². The number of hydrogen-bond donors (Lipinski definition) is 2. The number of rotatable bonds is 5. The number of allylic oxidation sites excluding steroid dienone is 1. The largest absolute Gasteiger partial charge is 0.458 e. The molecule has 4 nitrogen and oxygen atoms in total. The molecule has 0 amide bonds. The number of carbonyl (C=O) groups excluding carboxylic acids is 1. The van der Waals surface area contributed by atoms with Crippen LogP contribution in [0.1, 0.15) is 18.5 Å². The highest BCUT2D eigenvalue weighted by Gasteiger charge is 2.30. The van der Waals surface area contributed by atoms with E-state index in [9.17, 15) is 4.79 Å². The number of thiocarbonyl (C=S) groups is 1. The Kier molecular flexibility index (Phi) is 5.63. The fourth-order valence-corrected chi connectivity index (χ4v) is 2.90. The van der Waals surface area contributed by atoms with Gasteiger partial charge in [-0.3, -0.25) is 0 Å². The molecule has 1 atom stereocenters. The Hall–Kier alpha value is -1.79. The van der Waals surface area contributed by atoms with Crippen molar-refractivity contribution in [3.63, 3.8) is 0 Å². The number of esters is 1. The van der Waals surface area contributed by atoms with Crippen LogP contribution < -0.4 is 10.6 Å². The maximum absolute atomic E-state index is 12.3. The Morgan fingerprint density at radius 3 is 2.73 bits per heavy atom. The predicted octanol–water partition coefficient (Wildman–Crippen LogP) is 2.93. The van der Waals surface area contributed by atoms with Crippen molar-refractivity contribution in [3.8, 4) is 0 Å². The predicted molar refractivity (Wildman–Crippen MR) is 93.7 cm³/mol. The Labute approximate surface area is 140 Å². The summed E-state index contributed by atoms with van der Waals surface area (Å²) in [7, 11) is 0. The molecule has 1 aromatic carbocycles. The van der Waals surface area contributed by atoms with Crippen molar-refractivity contribution in [3.05, 3.63) is 53.8 Å². The minimum atomic E-state index is -0.376. The molecule has 2 N–H and O–H groups in total. The molecule has 116 valence electrons. The van der Waals surface area contributed by atoms with Crippen LogP contribution in [0.15, 0.2) is 53.1 Å². The van der Waals surface area contributed by atoms with Crippen molar-refractivity contribution in [1.29, 1.82) is 0 Å². The summed E-state index contributed by atoms with van der Waals surface area (Å²) in [5.74, 6) is -0.376. The lowest BCUT2D eigenvalue weighted by Crippen LogP contribution is -2.45. The van der Waals surface area contributed by atoms with E-state index in [0.29, 0.717) is 16.4 Å². The average Bonchev–Trinajstić information content (AvgIpc) is 2.52. The maximum Gasteiger partial charge on any atom is 0.338 e. The second kappa shape index (κ2) is 7.47. The van der Waals surface area contributed by atoms with E-state index in [1.165, 1.54) is 0 Å². The molecule has 1 unspecified atom stereocenters. The molecule has 0 saturated heterocycles. The Morgan fingerprint density at radius 2 is 2.14 bits per heavy atom. The fraction of sp³-hybridized carbons (Fsp3) is 0.250. The van der Waals surface area contributed by atoms with Crippen molar-refractivity contribution >= 4 is 35.1 Å². The number of carbonyl (C=O) groups is 1. The van der Waals surface area contributed by atoms with E-state index in [1.54, 1.807) is 17.8 Å². The Morgan fingerprint density at radius 1 is 1.45 bits per heavy atom. The Balaban J connectivity index is 2.36. The number of hydrogen-bond acceptors (Lipinski definition) is 4. The molecule has 1 aliphatic rings. The summed E-state index contributed by atoms with van der Waals surface area (Å²) < 4.78 is 5.19. The van der Waals surface area contributed by atoms with E-state index >= 15 is 0 Å². The summed E-state index contributed by atoms with van der Waals surface area (Å²) in [6, 6.07) is 7.71. The SMILES string of the molecule is C=CCOC(=O)C1=C(C)NC(=S)NC1c1ccc(SC)cc1. The summed E-state index contributed by atoms with van der Waals surface area (Å²) in [5.41, 5.74) is 2.20. The summed E-state index contributed by atoms with van der Waals surface area (Å²) >= 11 is 6.88. The second-order valence-corrected chi connectivity index (χ2v) is 6.02. The third kappa shape index (κ3) is 3.69. The van der Waals surface area contributed by atoms with E-state index < -0.39 is 0 Å². The van der Waals surface area contributed by atoms with Crippen LogP contribution in [0, 0.1) is 0 Å². The van der Waals surface area contributed by atoms with Gasteiger partial charge in [-0.25, -0.2) is 4.79 Å². The first-order valence-corrected chi connectivity index (χ1v) is 8.40. The van der Waals surface area contributed by atoms with Crippen LogP contribution in [0.3, 0.4) is 0 Å². The van der Waals surface area contributed by atoms with Crippen LogP contribution in [0.4, 0.5) is 0 Å². The number of benzene rings is 1. The zero-order valence-electron chi connectivity index (χ0n) is 12.5. The van der Waals surface area contributed by atoms with Crippen LogP contribution in [0.5, 0.6) is 0 Å². The molecule has 0 spiro atoms. The lowest BCUT2D eigenvalue weighted by atomic mass is 9.96. The molecule has 0 fully saturated rings. The minimum absolute atomic E-state index is 0.179. The molecule has 0 aliphatic carbocycles. The summed E-state index contributed by atoms with van der Waals surface area (Å²) in [6.07, 6.45) is 3.57. The quantitative estimate of drug-likeness (QED) is 0.374. The summed E-state index contributed by atoms with van der Waals surface area (Å²) in [5, 5.41) is 6.61. The van der Waals surface area contributed by atoms with Crippen molar-refractivity contribution < 1.29 is 9.53 Å². The average molecular weight is 334 g/mol. The summed E-state index contributed by atoms with van der Waals surface area (Å²) in [4.78, 5) is 13.5. The van der Waals surface area contributed by atoms with Crippen LogP contribution in [-0.2, 0) is 9.53 Å². The molecular formula is C16H18N2O2S2. The highest BCUT2D eigenvalue weighted by Crippen LogP contribution is 2.28. The fourth-order valence-electron chi connectivity index (χ4n) is 2.22. The van der Waals surface area contributed by atoms with Gasteiger partial charge in [0.2, 0.25) is 0 Å². The van der Waals surface area contributed by atoms with Crippen molar-refractivity contribution in [1.82, 2.24) is 10.6 Å². The van der Waals surface area contributed by atoms with Crippen LogP contribution in [0.2, 0.25) is 0 Å². The van der Waals surface area contributed by atoms with E-state index in [4.69, 9.17) is 17.0 Å². The van der Waals surface area contributed by atoms with Gasteiger partial charge in [0.1, 0.15) is 6.61 Å². The normalized spacial score (nSPS) is 17.5. The van der Waals surface area contributed by atoms with Gasteiger partial charge in [-0.15, -0.1) is 11.8 Å². The zero-order valence-corrected chi connectivity index (χ0v) is 14.1. The van der Waals surface area contributed by atoms with E-state index in [-0.39, 0.29) is 18.6 Å². The van der Waals surface area contributed by atoms with Gasteiger partial charge in [0, 0.05) is 10.6 Å². The molecule has 0 saturated carbocycles. The van der Waals surface area contributed by atoms with Crippen molar-refractivity contribution in [2.45, 2.75) is 17.9 Å². The van der Waals surface area contributed by atoms with Gasteiger partial charge in [-0.2, -0.15) is 0 Å². The minimum Gasteiger partial charge on any atom is -0.458 e. The lowest BCUT2D eigenvalue weighted by molar-refractivity contribution is -0.138. The number of ether oxygens (including phenoxy) is 1. The number of thioether (sulfide) groups is 1. The first kappa shape index (κ1) is 16.6. The van der Waals surface area contributed by atoms with Crippen LogP contribution >= 0.6 is 24.0 Å². The van der Waals surface area contributed by atoms with Gasteiger partial charge in [-0.1, -0.05) is 24.8 Å². The monoisotopic (exact) mass is 334 g/mol. The summed E-state index contributed by atoms with van der Waals surface area (Å²) in [6.45, 7) is 5.56. The van der Waals surface area contributed by atoms with Gasteiger partial charge in [0.15, 0.2) is 5.11 Å². The van der Waals surface area contributed by atoms with Crippen LogP contribution in [-0.4, -0.2) is 23.9 Å². The first-order chi connectivity index (χ1) is 10.6. The molecule has 6 heteroatoms. The zero-order chi connectivity index (χ0) is 16.1. The standard InChI is InChI=1S/C16H18N2O2S2/c1-4-9-20-15(19)13-10(2)17-16(21)18-14(13)11-5-7-12(22-3)8-6-11/h4-8,14H,1,9H2,2-3H3,(H2,17,18,21). The molecule has 1 heterocycles. The molecule has 0 aromatic heterocycles. The molecule has 2 rings (SSSR count). The topological polar surface area (TPSA) is 50.4 Å². The third-order valence-corrected chi connectivity index (χ3v) is 4.23. The van der Waals surface area contributed by atoms with Crippen molar-refractivity contribution in [2.24, 2.45) is 0 Å². The Bertz CT molecular complexity index is 624. The van der Waals surface area contributed by atoms with Crippen molar-refractivity contribution in [2.75, 3.05) is 12.9 Å². The lowest BCUT2D eigenvalue weighted by Gasteiger charge is -2.29. The van der Waals surface area contributed by atoms with E-state index in [1.807, 2.05) is 37.4 Å². The molecular weight excluding hydrogens is 316 g/mol. The molecule has 22 heavy (non-hydrogen) atoms. The molecule has 0 radical (unpaired) electrons. The number of nitrogens with one attached hydrogen (secondary N) is 2. The third-order valence-electron chi connectivity index (χ3n) is 3.27. The molecule has 1 aliphatic heterocycles. The smallest absolute Gasteiger partial charge is 0.338 e. The van der Waals surface area contributed by atoms with Gasteiger partial charge in [-0.05, 0) is 43.1 Å². The van der Waals surface area contributed by atoms with Gasteiger partial charge >= 0.3 is 5.97 Å². The van der Waals surface area contributed by atoms with E-state index in [0.717, 1.165) is 10.5 Å². The van der Waals surface area contributed by atoms with Crippen LogP contribution in [0.25, 0.3) is 0 Å². The first-order valence-electron chi connectivity index (χ1n) is 6.77. The van der Waals surface area contributed by atoms with E-state index in [2.05, 4.69) is 17.2 Å². The second-order valence-electron chi connectivity index (χ2n) is 4.73. The highest BCUT2D eigenvalue weighted by atomic mass is 32.2. The molecule has 0 bridgehead atoms. The van der Waals surface area contributed by atoms with Gasteiger partial charge in [0.05, 0.1) is 11.6 Å². The van der Waals surface area contributed by atoms with Gasteiger partial charge in [0.25, 0.3) is 0 Å².